The quantitative estimate of drug-likeness (QED) is 0.710. The first-order valence-corrected chi connectivity index (χ1v) is 4.81. The molecule has 1 aromatic rings. The first-order chi connectivity index (χ1) is 6.13. The lowest BCUT2D eigenvalue weighted by Crippen LogP contribution is -2.27. The van der Waals surface area contributed by atoms with Gasteiger partial charge in [0.15, 0.2) is 0 Å². The molecule has 1 aromatic heterocycles. The molecule has 0 aliphatic carbocycles. The second-order valence-electron chi connectivity index (χ2n) is 4.39. The molecule has 0 saturated heterocycles. The van der Waals surface area contributed by atoms with Crippen LogP contribution in [0.5, 0.6) is 0 Å². The van der Waals surface area contributed by atoms with Gasteiger partial charge in [-0.1, -0.05) is 13.8 Å². The van der Waals surface area contributed by atoms with Gasteiger partial charge >= 0.3 is 0 Å². The average molecular weight is 180 g/mol. The van der Waals surface area contributed by atoms with Gasteiger partial charge in [0.05, 0.1) is 12.3 Å². The molecule has 2 rings (SSSR count). The SMILES string of the molecule is CC1(C)CCCn2nc(CO)cc21. The minimum absolute atomic E-state index is 0.0517. The van der Waals surface area contributed by atoms with Crippen molar-refractivity contribution in [1.29, 1.82) is 0 Å². The minimum atomic E-state index is 0.0517. The third kappa shape index (κ3) is 1.37. The average Bonchev–Trinajstić information content (AvgIpc) is 2.48. The number of hydrogen-bond donors (Lipinski definition) is 1. The Kier molecular flexibility index (Phi) is 1.91. The number of aliphatic hydroxyl groups excluding tert-OH is 1. The first-order valence-electron chi connectivity index (χ1n) is 4.81. The number of aliphatic hydroxyl groups is 1. The van der Waals surface area contributed by atoms with Crippen LogP contribution >= 0.6 is 0 Å². The Balaban J connectivity index is 2.44. The lowest BCUT2D eigenvalue weighted by atomic mass is 9.82. The molecule has 3 nitrogen and oxygen atoms in total. The largest absolute Gasteiger partial charge is 0.390 e. The lowest BCUT2D eigenvalue weighted by Gasteiger charge is -2.30. The van der Waals surface area contributed by atoms with Crippen molar-refractivity contribution in [3.63, 3.8) is 0 Å². The van der Waals surface area contributed by atoms with Gasteiger partial charge in [0.2, 0.25) is 0 Å². The molecule has 1 aliphatic rings. The van der Waals surface area contributed by atoms with E-state index in [1.165, 1.54) is 18.5 Å². The third-order valence-electron chi connectivity index (χ3n) is 2.86. The Hall–Kier alpha value is -0.830. The molecular weight excluding hydrogens is 164 g/mol. The molecule has 0 amide bonds. The Morgan fingerprint density at radius 2 is 2.38 bits per heavy atom. The number of hydrogen-bond acceptors (Lipinski definition) is 2. The molecule has 0 radical (unpaired) electrons. The molecule has 0 aromatic carbocycles. The van der Waals surface area contributed by atoms with Crippen LogP contribution in [0.1, 0.15) is 38.1 Å². The van der Waals surface area contributed by atoms with E-state index in [0.717, 1.165) is 12.2 Å². The Labute approximate surface area is 78.4 Å². The zero-order valence-electron chi connectivity index (χ0n) is 8.25. The summed E-state index contributed by atoms with van der Waals surface area (Å²) < 4.78 is 2.04. The van der Waals surface area contributed by atoms with Crippen molar-refractivity contribution in [3.8, 4) is 0 Å². The summed E-state index contributed by atoms with van der Waals surface area (Å²) >= 11 is 0. The lowest BCUT2D eigenvalue weighted by molar-refractivity contribution is 0.274. The second-order valence-corrected chi connectivity index (χ2v) is 4.39. The van der Waals surface area contributed by atoms with E-state index in [1.54, 1.807) is 0 Å². The van der Waals surface area contributed by atoms with Crippen LogP contribution in [-0.2, 0) is 18.6 Å². The molecule has 0 atom stereocenters. The molecule has 0 saturated carbocycles. The zero-order valence-corrected chi connectivity index (χ0v) is 8.25. The number of rotatable bonds is 1. The summed E-state index contributed by atoms with van der Waals surface area (Å²) in [4.78, 5) is 0. The van der Waals surface area contributed by atoms with Gasteiger partial charge in [-0.25, -0.2) is 0 Å². The summed E-state index contributed by atoms with van der Waals surface area (Å²) in [5, 5.41) is 13.3. The van der Waals surface area contributed by atoms with Crippen LogP contribution in [0.3, 0.4) is 0 Å². The van der Waals surface area contributed by atoms with Gasteiger partial charge in [-0.15, -0.1) is 0 Å². The van der Waals surface area contributed by atoms with Crippen molar-refractivity contribution in [2.24, 2.45) is 0 Å². The van der Waals surface area contributed by atoms with Gasteiger partial charge in [0, 0.05) is 17.7 Å². The fraction of sp³-hybridized carbons (Fsp3) is 0.700. The monoisotopic (exact) mass is 180 g/mol. The van der Waals surface area contributed by atoms with Gasteiger partial charge in [-0.3, -0.25) is 4.68 Å². The van der Waals surface area contributed by atoms with E-state index < -0.39 is 0 Å². The van der Waals surface area contributed by atoms with Crippen LogP contribution in [0.25, 0.3) is 0 Å². The molecule has 2 heterocycles. The Bertz CT molecular complexity index is 315. The third-order valence-corrected chi connectivity index (χ3v) is 2.86. The van der Waals surface area contributed by atoms with Crippen molar-refractivity contribution in [1.82, 2.24) is 9.78 Å². The van der Waals surface area contributed by atoms with Crippen LogP contribution in [0.15, 0.2) is 6.07 Å². The summed E-state index contributed by atoms with van der Waals surface area (Å²) in [5.74, 6) is 0. The highest BCUT2D eigenvalue weighted by molar-refractivity contribution is 5.20. The molecule has 1 aliphatic heterocycles. The van der Waals surface area contributed by atoms with Crippen molar-refractivity contribution in [3.05, 3.63) is 17.5 Å². The highest BCUT2D eigenvalue weighted by Gasteiger charge is 2.28. The van der Waals surface area contributed by atoms with E-state index in [0.29, 0.717) is 0 Å². The number of aromatic nitrogens is 2. The van der Waals surface area contributed by atoms with E-state index in [2.05, 4.69) is 18.9 Å². The summed E-state index contributed by atoms with van der Waals surface area (Å²) in [5.41, 5.74) is 2.28. The van der Waals surface area contributed by atoms with E-state index in [4.69, 9.17) is 5.11 Å². The molecule has 72 valence electrons. The minimum Gasteiger partial charge on any atom is -0.390 e. The molecule has 0 spiro atoms. The van der Waals surface area contributed by atoms with Crippen molar-refractivity contribution in [2.75, 3.05) is 0 Å². The predicted molar refractivity (Wildman–Crippen MR) is 50.4 cm³/mol. The van der Waals surface area contributed by atoms with Gasteiger partial charge in [-0.2, -0.15) is 5.10 Å². The summed E-state index contributed by atoms with van der Waals surface area (Å²) in [6.07, 6.45) is 2.40. The van der Waals surface area contributed by atoms with Crippen LogP contribution in [0.2, 0.25) is 0 Å². The van der Waals surface area contributed by atoms with Crippen LogP contribution < -0.4 is 0 Å². The van der Waals surface area contributed by atoms with Crippen LogP contribution in [0, 0.1) is 0 Å². The first kappa shape index (κ1) is 8.75. The molecule has 3 heteroatoms. The Morgan fingerprint density at radius 3 is 3.00 bits per heavy atom. The molecule has 1 N–H and O–H groups in total. The number of nitrogens with zero attached hydrogens (tertiary/aromatic N) is 2. The van der Waals surface area contributed by atoms with E-state index in [1.807, 2.05) is 10.7 Å². The van der Waals surface area contributed by atoms with Crippen LogP contribution in [0.4, 0.5) is 0 Å². The maximum atomic E-state index is 8.98. The number of fused-ring (bicyclic) bond motifs is 1. The maximum absolute atomic E-state index is 8.98. The van der Waals surface area contributed by atoms with E-state index in [9.17, 15) is 0 Å². The van der Waals surface area contributed by atoms with Crippen molar-refractivity contribution >= 4 is 0 Å². The van der Waals surface area contributed by atoms with Gasteiger partial charge < -0.3 is 5.11 Å². The van der Waals surface area contributed by atoms with Gasteiger partial charge in [-0.05, 0) is 18.9 Å². The Morgan fingerprint density at radius 1 is 1.62 bits per heavy atom. The highest BCUT2D eigenvalue weighted by atomic mass is 16.3. The fourth-order valence-electron chi connectivity index (χ4n) is 2.06. The van der Waals surface area contributed by atoms with Crippen LogP contribution in [-0.4, -0.2) is 14.9 Å². The smallest absolute Gasteiger partial charge is 0.0882 e. The normalized spacial score (nSPS) is 19.9. The molecular formula is C10H16N2O. The van der Waals surface area contributed by atoms with E-state index in [-0.39, 0.29) is 12.0 Å². The molecule has 13 heavy (non-hydrogen) atoms. The highest BCUT2D eigenvalue weighted by Crippen LogP contribution is 2.33. The molecule has 0 fully saturated rings. The van der Waals surface area contributed by atoms with Crippen molar-refractivity contribution in [2.45, 2.75) is 45.3 Å². The molecule has 0 bridgehead atoms. The summed E-state index contributed by atoms with van der Waals surface area (Å²) in [6.45, 7) is 5.52. The maximum Gasteiger partial charge on any atom is 0.0882 e. The van der Waals surface area contributed by atoms with Crippen molar-refractivity contribution < 1.29 is 5.11 Å². The summed E-state index contributed by atoms with van der Waals surface area (Å²) in [7, 11) is 0. The van der Waals surface area contributed by atoms with E-state index >= 15 is 0 Å². The standard InChI is InChI=1S/C10H16N2O/c1-10(2)4-3-5-12-9(10)6-8(7-13)11-12/h6,13H,3-5,7H2,1-2H3. The zero-order chi connectivity index (χ0) is 9.47. The summed E-state index contributed by atoms with van der Waals surface area (Å²) in [6, 6.07) is 2.03. The fourth-order valence-corrected chi connectivity index (χ4v) is 2.06. The van der Waals surface area contributed by atoms with Gasteiger partial charge in [0.25, 0.3) is 0 Å². The second kappa shape index (κ2) is 2.84. The number of aryl methyl sites for hydroxylation is 1. The molecule has 0 unspecified atom stereocenters. The topological polar surface area (TPSA) is 38.0 Å². The van der Waals surface area contributed by atoms with Gasteiger partial charge in [0.1, 0.15) is 0 Å². The predicted octanol–water partition coefficient (Wildman–Crippen LogP) is 1.45.